The number of nitrogens with one attached hydrogen (secondary N) is 2. The second-order valence-corrected chi connectivity index (χ2v) is 7.12. The van der Waals surface area contributed by atoms with Crippen molar-refractivity contribution in [2.75, 3.05) is 24.7 Å². The van der Waals surface area contributed by atoms with Gasteiger partial charge in [0.1, 0.15) is 0 Å². The standard InChI is InChI=1S/C15H27N3O2S/c1-3-5-11(2)17-14(19)12-6-4-7-18(8-12)15(20)13-9-21-10-16-13/h11-13,16H,3-10H2,1-2H3,(H,17,19). The average Bonchev–Trinajstić information content (AvgIpc) is 3.01. The van der Waals surface area contributed by atoms with Crippen molar-refractivity contribution in [3.63, 3.8) is 0 Å². The number of hydrogen-bond acceptors (Lipinski definition) is 4. The van der Waals surface area contributed by atoms with Gasteiger partial charge >= 0.3 is 0 Å². The Hall–Kier alpha value is -0.750. The Bertz CT molecular complexity index is 372. The molecule has 5 nitrogen and oxygen atoms in total. The third kappa shape index (κ3) is 4.61. The van der Waals surface area contributed by atoms with E-state index in [2.05, 4.69) is 17.6 Å². The lowest BCUT2D eigenvalue weighted by Gasteiger charge is -2.34. The van der Waals surface area contributed by atoms with E-state index in [9.17, 15) is 9.59 Å². The summed E-state index contributed by atoms with van der Waals surface area (Å²) >= 11 is 1.76. The maximum atomic E-state index is 12.4. The maximum Gasteiger partial charge on any atom is 0.240 e. The first-order valence-electron chi connectivity index (χ1n) is 8.02. The summed E-state index contributed by atoms with van der Waals surface area (Å²) in [5.74, 6) is 1.93. The van der Waals surface area contributed by atoms with E-state index in [1.54, 1.807) is 11.8 Å². The number of amides is 2. The van der Waals surface area contributed by atoms with Crippen LogP contribution < -0.4 is 10.6 Å². The molecular formula is C15H27N3O2S. The van der Waals surface area contributed by atoms with Gasteiger partial charge in [-0.1, -0.05) is 13.3 Å². The zero-order chi connectivity index (χ0) is 15.2. The van der Waals surface area contributed by atoms with Crippen molar-refractivity contribution in [1.82, 2.24) is 15.5 Å². The highest BCUT2D eigenvalue weighted by Gasteiger charge is 2.33. The molecule has 3 unspecified atom stereocenters. The number of piperidine rings is 1. The fraction of sp³-hybridized carbons (Fsp3) is 0.867. The molecule has 0 saturated carbocycles. The number of thioether (sulfide) groups is 1. The van der Waals surface area contributed by atoms with Gasteiger partial charge in [0.05, 0.1) is 12.0 Å². The first-order chi connectivity index (χ1) is 10.1. The van der Waals surface area contributed by atoms with Crippen molar-refractivity contribution in [3.8, 4) is 0 Å². The van der Waals surface area contributed by atoms with Crippen LogP contribution in [0, 0.1) is 5.92 Å². The van der Waals surface area contributed by atoms with Gasteiger partial charge in [0, 0.05) is 30.8 Å². The van der Waals surface area contributed by atoms with Crippen LogP contribution in [0.25, 0.3) is 0 Å². The summed E-state index contributed by atoms with van der Waals surface area (Å²) in [6.45, 7) is 5.53. The zero-order valence-electron chi connectivity index (χ0n) is 13.1. The summed E-state index contributed by atoms with van der Waals surface area (Å²) in [5.41, 5.74) is 0. The molecule has 0 spiro atoms. The molecule has 21 heavy (non-hydrogen) atoms. The Morgan fingerprint density at radius 3 is 2.95 bits per heavy atom. The van der Waals surface area contributed by atoms with Gasteiger partial charge in [0.25, 0.3) is 0 Å². The van der Waals surface area contributed by atoms with E-state index in [1.807, 2.05) is 11.8 Å². The Balaban J connectivity index is 1.84. The summed E-state index contributed by atoms with van der Waals surface area (Å²) in [7, 11) is 0. The van der Waals surface area contributed by atoms with Gasteiger partial charge in [0.2, 0.25) is 11.8 Å². The number of hydrogen-bond donors (Lipinski definition) is 2. The molecule has 6 heteroatoms. The van der Waals surface area contributed by atoms with E-state index in [-0.39, 0.29) is 29.8 Å². The van der Waals surface area contributed by atoms with Gasteiger partial charge in [0.15, 0.2) is 0 Å². The summed E-state index contributed by atoms with van der Waals surface area (Å²) in [4.78, 5) is 26.6. The van der Waals surface area contributed by atoms with Crippen LogP contribution in [0.2, 0.25) is 0 Å². The number of rotatable bonds is 5. The van der Waals surface area contributed by atoms with Crippen LogP contribution in [-0.4, -0.2) is 53.5 Å². The van der Waals surface area contributed by atoms with Crippen LogP contribution in [0.4, 0.5) is 0 Å². The van der Waals surface area contributed by atoms with Crippen molar-refractivity contribution in [3.05, 3.63) is 0 Å². The van der Waals surface area contributed by atoms with E-state index in [4.69, 9.17) is 0 Å². The summed E-state index contributed by atoms with van der Waals surface area (Å²) in [6.07, 6.45) is 3.89. The predicted molar refractivity (Wildman–Crippen MR) is 86.1 cm³/mol. The highest BCUT2D eigenvalue weighted by Crippen LogP contribution is 2.20. The SMILES string of the molecule is CCCC(C)NC(=O)C1CCCN(C(=O)C2CSCN2)C1. The first-order valence-corrected chi connectivity index (χ1v) is 9.17. The number of likely N-dealkylation sites (tertiary alicyclic amines) is 1. The number of nitrogens with zero attached hydrogens (tertiary/aromatic N) is 1. The number of carbonyl (C=O) groups is 2. The van der Waals surface area contributed by atoms with Crippen molar-refractivity contribution < 1.29 is 9.59 Å². The van der Waals surface area contributed by atoms with E-state index < -0.39 is 0 Å². The van der Waals surface area contributed by atoms with Gasteiger partial charge < -0.3 is 10.2 Å². The molecule has 0 aromatic rings. The quantitative estimate of drug-likeness (QED) is 0.800. The van der Waals surface area contributed by atoms with Crippen molar-refractivity contribution >= 4 is 23.6 Å². The van der Waals surface area contributed by atoms with Gasteiger partial charge in [-0.05, 0) is 26.2 Å². The zero-order valence-corrected chi connectivity index (χ0v) is 13.9. The van der Waals surface area contributed by atoms with E-state index in [1.165, 1.54) is 0 Å². The molecule has 2 rings (SSSR count). The molecule has 2 saturated heterocycles. The third-order valence-electron chi connectivity index (χ3n) is 4.23. The molecule has 2 heterocycles. The average molecular weight is 313 g/mol. The van der Waals surface area contributed by atoms with E-state index in [0.29, 0.717) is 6.54 Å². The summed E-state index contributed by atoms with van der Waals surface area (Å²) < 4.78 is 0. The van der Waals surface area contributed by atoms with Crippen LogP contribution in [0.3, 0.4) is 0 Å². The maximum absolute atomic E-state index is 12.4. The normalized spacial score (nSPS) is 27.4. The Labute approximate surface area is 131 Å². The Morgan fingerprint density at radius 2 is 2.29 bits per heavy atom. The Kier molecular flexibility index (Phi) is 6.36. The van der Waals surface area contributed by atoms with E-state index in [0.717, 1.165) is 43.9 Å². The van der Waals surface area contributed by atoms with Crippen LogP contribution in [0.5, 0.6) is 0 Å². The van der Waals surface area contributed by atoms with Crippen molar-refractivity contribution in [2.45, 2.75) is 51.6 Å². The van der Waals surface area contributed by atoms with Gasteiger partial charge in [-0.25, -0.2) is 0 Å². The lowest BCUT2D eigenvalue weighted by atomic mass is 9.96. The second-order valence-electron chi connectivity index (χ2n) is 6.09. The molecule has 0 bridgehead atoms. The molecule has 0 radical (unpaired) electrons. The fourth-order valence-corrected chi connectivity index (χ4v) is 3.96. The topological polar surface area (TPSA) is 61.4 Å². The minimum absolute atomic E-state index is 0.0453. The minimum Gasteiger partial charge on any atom is -0.353 e. The molecule has 3 atom stereocenters. The highest BCUT2D eigenvalue weighted by molar-refractivity contribution is 7.99. The molecule has 2 N–H and O–H groups in total. The Morgan fingerprint density at radius 1 is 1.48 bits per heavy atom. The monoisotopic (exact) mass is 313 g/mol. The van der Waals surface area contributed by atoms with Crippen molar-refractivity contribution in [1.29, 1.82) is 0 Å². The lowest BCUT2D eigenvalue weighted by Crippen LogP contribution is -2.51. The highest BCUT2D eigenvalue weighted by atomic mass is 32.2. The molecule has 2 aliphatic heterocycles. The molecular weight excluding hydrogens is 286 g/mol. The molecule has 120 valence electrons. The first kappa shape index (κ1) is 16.6. The van der Waals surface area contributed by atoms with E-state index >= 15 is 0 Å². The van der Waals surface area contributed by atoms with Crippen molar-refractivity contribution in [2.24, 2.45) is 5.92 Å². The largest absolute Gasteiger partial charge is 0.353 e. The van der Waals surface area contributed by atoms with Crippen LogP contribution >= 0.6 is 11.8 Å². The number of carbonyl (C=O) groups excluding carboxylic acids is 2. The second kappa shape index (κ2) is 8.03. The van der Waals surface area contributed by atoms with Gasteiger partial charge in [-0.15, -0.1) is 11.8 Å². The summed E-state index contributed by atoms with van der Waals surface area (Å²) in [5, 5.41) is 6.30. The van der Waals surface area contributed by atoms with Crippen LogP contribution in [-0.2, 0) is 9.59 Å². The predicted octanol–water partition coefficient (Wildman–Crippen LogP) is 1.19. The molecule has 2 amide bonds. The third-order valence-corrected chi connectivity index (χ3v) is 5.17. The molecule has 2 aliphatic rings. The molecule has 0 aliphatic carbocycles. The molecule has 0 aromatic heterocycles. The van der Waals surface area contributed by atoms with Crippen LogP contribution in [0.15, 0.2) is 0 Å². The van der Waals surface area contributed by atoms with Gasteiger partial charge in [-0.3, -0.25) is 14.9 Å². The lowest BCUT2D eigenvalue weighted by molar-refractivity contribution is -0.137. The summed E-state index contributed by atoms with van der Waals surface area (Å²) in [6, 6.07) is 0.164. The smallest absolute Gasteiger partial charge is 0.240 e. The van der Waals surface area contributed by atoms with Crippen LogP contribution in [0.1, 0.15) is 39.5 Å². The molecule has 2 fully saturated rings. The minimum atomic E-state index is -0.0594. The van der Waals surface area contributed by atoms with Gasteiger partial charge in [-0.2, -0.15) is 0 Å². The fourth-order valence-electron chi connectivity index (χ4n) is 3.03. The molecule has 0 aromatic carbocycles.